The van der Waals surface area contributed by atoms with Crippen molar-refractivity contribution >= 4 is 18.2 Å². The van der Waals surface area contributed by atoms with E-state index in [2.05, 4.69) is 0 Å². The first kappa shape index (κ1) is 28.1. The van der Waals surface area contributed by atoms with Crippen molar-refractivity contribution in [1.29, 1.82) is 0 Å². The monoisotopic (exact) mass is 482 g/mol. The Morgan fingerprint density at radius 3 is 2.23 bits per heavy atom. The minimum absolute atomic E-state index is 0.145. The summed E-state index contributed by atoms with van der Waals surface area (Å²) in [6.07, 6.45) is 4.01. The molecule has 0 spiro atoms. The van der Waals surface area contributed by atoms with Gasteiger partial charge in [-0.2, -0.15) is 0 Å². The summed E-state index contributed by atoms with van der Waals surface area (Å²) in [5.74, 6) is 0.113. The molecule has 0 fully saturated rings. The fraction of sp³-hybridized carbons (Fsp3) is 0.483. The highest BCUT2D eigenvalue weighted by Crippen LogP contribution is 2.34. The van der Waals surface area contributed by atoms with E-state index in [0.717, 1.165) is 48.0 Å². The van der Waals surface area contributed by atoms with Crippen LogP contribution in [0.5, 0.6) is 5.75 Å². The summed E-state index contributed by atoms with van der Waals surface area (Å²) < 4.78 is 16.0. The summed E-state index contributed by atoms with van der Waals surface area (Å²) in [6.45, 7) is 7.97. The molecule has 2 aromatic rings. The number of carbonyl (C=O) groups excluding carboxylic acids is 3. The van der Waals surface area contributed by atoms with Crippen LogP contribution in [0.3, 0.4) is 0 Å². The van der Waals surface area contributed by atoms with Crippen molar-refractivity contribution in [3.05, 3.63) is 65.2 Å². The lowest BCUT2D eigenvalue weighted by Gasteiger charge is -2.29. The Balaban J connectivity index is 2.21. The van der Waals surface area contributed by atoms with Gasteiger partial charge in [0.25, 0.3) is 0 Å². The van der Waals surface area contributed by atoms with E-state index in [1.54, 1.807) is 14.0 Å². The largest absolute Gasteiger partial charge is 0.497 e. The fourth-order valence-electron chi connectivity index (χ4n) is 3.92. The van der Waals surface area contributed by atoms with E-state index in [1.807, 2.05) is 69.3 Å². The third kappa shape index (κ3) is 8.53. The second-order valence-corrected chi connectivity index (χ2v) is 9.75. The third-order valence-corrected chi connectivity index (χ3v) is 6.26. The molecule has 0 saturated heterocycles. The molecule has 2 aromatic carbocycles. The molecular weight excluding hydrogens is 444 g/mol. The van der Waals surface area contributed by atoms with Crippen LogP contribution < -0.4 is 4.74 Å². The summed E-state index contributed by atoms with van der Waals surface area (Å²) in [5.41, 5.74) is 1.17. The maximum atomic E-state index is 13.5. The topological polar surface area (TPSA) is 78.9 Å². The molecule has 0 N–H and O–H groups in total. The van der Waals surface area contributed by atoms with E-state index in [-0.39, 0.29) is 30.4 Å². The normalized spacial score (nSPS) is 12.9. The quantitative estimate of drug-likeness (QED) is 0.198. The zero-order valence-electron chi connectivity index (χ0n) is 21.6. The standard InChI is InChI=1S/C29H38O6/c1-6-34-26(31)19-23-10-9-11-24(18-23)29(4,17-8-7-16-28(2,3)21-30)27(32)35-20-22-12-14-25(33-5)15-13-22/h9-15,18,21H,6-8,16-17,19-20H2,1-5H3. The van der Waals surface area contributed by atoms with Crippen LogP contribution in [-0.2, 0) is 42.3 Å². The number of hydrogen-bond donors (Lipinski definition) is 0. The molecule has 6 heteroatoms. The molecule has 0 aromatic heterocycles. The van der Waals surface area contributed by atoms with Gasteiger partial charge < -0.3 is 19.0 Å². The minimum atomic E-state index is -0.900. The molecule has 0 bridgehead atoms. The summed E-state index contributed by atoms with van der Waals surface area (Å²) in [6, 6.07) is 14.9. The van der Waals surface area contributed by atoms with Gasteiger partial charge in [0, 0.05) is 5.41 Å². The van der Waals surface area contributed by atoms with Gasteiger partial charge in [-0.25, -0.2) is 0 Å². The van der Waals surface area contributed by atoms with E-state index in [4.69, 9.17) is 14.2 Å². The van der Waals surface area contributed by atoms with E-state index in [0.29, 0.717) is 13.0 Å². The third-order valence-electron chi connectivity index (χ3n) is 6.26. The summed E-state index contributed by atoms with van der Waals surface area (Å²) in [4.78, 5) is 36.7. The van der Waals surface area contributed by atoms with Crippen LogP contribution in [0.4, 0.5) is 0 Å². The summed E-state index contributed by atoms with van der Waals surface area (Å²) >= 11 is 0. The number of carbonyl (C=O) groups is 3. The first-order chi connectivity index (χ1) is 16.6. The SMILES string of the molecule is CCOC(=O)Cc1cccc(C(C)(CCCCC(C)(C)C=O)C(=O)OCc2ccc(OC)cc2)c1. The highest BCUT2D eigenvalue weighted by atomic mass is 16.5. The highest BCUT2D eigenvalue weighted by Gasteiger charge is 2.37. The van der Waals surface area contributed by atoms with Gasteiger partial charge in [-0.15, -0.1) is 0 Å². The molecule has 190 valence electrons. The average Bonchev–Trinajstić information content (AvgIpc) is 2.85. The van der Waals surface area contributed by atoms with Gasteiger partial charge in [0.2, 0.25) is 0 Å². The highest BCUT2D eigenvalue weighted by molar-refractivity contribution is 5.83. The molecule has 0 saturated carbocycles. The second-order valence-electron chi connectivity index (χ2n) is 9.75. The number of rotatable bonds is 14. The number of aldehydes is 1. The Morgan fingerprint density at radius 1 is 0.914 bits per heavy atom. The molecule has 0 aliphatic carbocycles. The van der Waals surface area contributed by atoms with Gasteiger partial charge >= 0.3 is 11.9 Å². The molecule has 0 amide bonds. The Bertz CT molecular complexity index is 979. The zero-order valence-corrected chi connectivity index (χ0v) is 21.6. The molecule has 6 nitrogen and oxygen atoms in total. The Kier molecular flexibility index (Phi) is 10.5. The van der Waals surface area contributed by atoms with Crippen LogP contribution in [0.25, 0.3) is 0 Å². The predicted molar refractivity (Wildman–Crippen MR) is 135 cm³/mol. The molecule has 1 atom stereocenters. The molecule has 0 aliphatic heterocycles. The van der Waals surface area contributed by atoms with Crippen molar-refractivity contribution in [3.63, 3.8) is 0 Å². The first-order valence-corrected chi connectivity index (χ1v) is 12.1. The molecule has 0 aliphatic rings. The molecule has 35 heavy (non-hydrogen) atoms. The van der Waals surface area contributed by atoms with Crippen LogP contribution in [0, 0.1) is 5.41 Å². The maximum Gasteiger partial charge on any atom is 0.316 e. The predicted octanol–water partition coefficient (Wildman–Crippen LogP) is 5.59. The van der Waals surface area contributed by atoms with E-state index >= 15 is 0 Å². The number of unbranched alkanes of at least 4 members (excludes halogenated alkanes) is 1. The molecular formula is C29H38O6. The van der Waals surface area contributed by atoms with Gasteiger partial charge in [0.15, 0.2) is 0 Å². The lowest BCUT2D eigenvalue weighted by Crippen LogP contribution is -2.34. The van der Waals surface area contributed by atoms with E-state index in [9.17, 15) is 14.4 Å². The maximum absolute atomic E-state index is 13.5. The Labute approximate surface area is 209 Å². The fourth-order valence-corrected chi connectivity index (χ4v) is 3.92. The van der Waals surface area contributed by atoms with Crippen molar-refractivity contribution in [2.24, 2.45) is 5.41 Å². The molecule has 0 heterocycles. The smallest absolute Gasteiger partial charge is 0.316 e. The van der Waals surface area contributed by atoms with Crippen LogP contribution in [0.2, 0.25) is 0 Å². The second kappa shape index (κ2) is 13.1. The van der Waals surface area contributed by atoms with Crippen molar-refractivity contribution in [1.82, 2.24) is 0 Å². The van der Waals surface area contributed by atoms with Crippen molar-refractivity contribution in [3.8, 4) is 5.75 Å². The van der Waals surface area contributed by atoms with Gasteiger partial charge in [-0.3, -0.25) is 9.59 Å². The number of hydrogen-bond acceptors (Lipinski definition) is 6. The van der Waals surface area contributed by atoms with Crippen molar-refractivity contribution in [2.75, 3.05) is 13.7 Å². The molecule has 0 radical (unpaired) electrons. The summed E-state index contributed by atoms with van der Waals surface area (Å²) in [5, 5.41) is 0. The van der Waals surface area contributed by atoms with E-state index in [1.165, 1.54) is 0 Å². The van der Waals surface area contributed by atoms with Gasteiger partial charge in [0.05, 0.1) is 25.6 Å². The number of ether oxygens (including phenoxy) is 3. The van der Waals surface area contributed by atoms with Gasteiger partial charge in [0.1, 0.15) is 18.6 Å². The van der Waals surface area contributed by atoms with Crippen LogP contribution in [0.15, 0.2) is 48.5 Å². The minimum Gasteiger partial charge on any atom is -0.497 e. The first-order valence-electron chi connectivity index (χ1n) is 12.1. The zero-order chi connectivity index (χ0) is 25.9. The van der Waals surface area contributed by atoms with Crippen LogP contribution >= 0.6 is 0 Å². The van der Waals surface area contributed by atoms with Gasteiger partial charge in [-0.1, -0.05) is 63.1 Å². The number of methoxy groups -OCH3 is 1. The Morgan fingerprint density at radius 2 is 1.60 bits per heavy atom. The lowest BCUT2D eigenvalue weighted by atomic mass is 9.76. The van der Waals surface area contributed by atoms with Crippen LogP contribution in [0.1, 0.15) is 70.1 Å². The van der Waals surface area contributed by atoms with Crippen LogP contribution in [-0.4, -0.2) is 31.9 Å². The van der Waals surface area contributed by atoms with Crippen molar-refractivity contribution in [2.45, 2.75) is 71.8 Å². The molecule has 2 rings (SSSR count). The van der Waals surface area contributed by atoms with Crippen molar-refractivity contribution < 1.29 is 28.6 Å². The average molecular weight is 483 g/mol. The number of esters is 2. The van der Waals surface area contributed by atoms with E-state index < -0.39 is 5.41 Å². The molecule has 1 unspecified atom stereocenters. The van der Waals surface area contributed by atoms with Gasteiger partial charge in [-0.05, 0) is 55.5 Å². The Hall–Kier alpha value is -3.15. The lowest BCUT2D eigenvalue weighted by molar-refractivity contribution is -0.152. The number of benzene rings is 2. The summed E-state index contributed by atoms with van der Waals surface area (Å²) in [7, 11) is 1.60.